The number of nitrogens with one attached hydrogen (secondary N) is 2. The Bertz CT molecular complexity index is 1470. The van der Waals surface area contributed by atoms with Crippen molar-refractivity contribution in [2.24, 2.45) is 7.05 Å². The topological polar surface area (TPSA) is 81.4 Å². The van der Waals surface area contributed by atoms with Gasteiger partial charge in [0.15, 0.2) is 5.16 Å². The molecule has 8 nitrogen and oxygen atoms in total. The highest BCUT2D eigenvalue weighted by molar-refractivity contribution is 7.99. The maximum Gasteiger partial charge on any atom is 0.204 e. The van der Waals surface area contributed by atoms with E-state index < -0.39 is 5.72 Å². The fraction of sp³-hybridized carbons (Fsp3) is 0.419. The third-order valence-corrected chi connectivity index (χ3v) is 10.1. The molecule has 10 heteroatoms. The van der Waals surface area contributed by atoms with Crippen LogP contribution < -0.4 is 15.5 Å². The molecule has 4 heterocycles. The molecule has 3 aliphatic heterocycles. The number of halogens is 1. The van der Waals surface area contributed by atoms with Crippen molar-refractivity contribution in [3.8, 4) is 6.07 Å². The second-order valence-electron chi connectivity index (χ2n) is 10.9. The Balaban J connectivity index is 1.22. The van der Waals surface area contributed by atoms with Crippen LogP contribution in [0.25, 0.3) is 0 Å². The number of methoxy groups -OCH3 is 1. The Labute approximate surface area is 251 Å². The number of piperidine rings is 2. The minimum absolute atomic E-state index is 0.435. The van der Waals surface area contributed by atoms with Gasteiger partial charge in [-0.2, -0.15) is 5.26 Å². The first-order chi connectivity index (χ1) is 20.0. The zero-order valence-corrected chi connectivity index (χ0v) is 25.1. The third kappa shape index (κ3) is 5.54. The highest BCUT2D eigenvalue weighted by Crippen LogP contribution is 2.44. The average Bonchev–Trinajstić information content (AvgIpc) is 3.42. The molecule has 41 heavy (non-hydrogen) atoms. The summed E-state index contributed by atoms with van der Waals surface area (Å²) in [6, 6.07) is 15.2. The molecule has 3 aliphatic rings. The van der Waals surface area contributed by atoms with E-state index in [0.717, 1.165) is 40.1 Å². The van der Waals surface area contributed by atoms with Crippen molar-refractivity contribution < 1.29 is 4.74 Å². The van der Waals surface area contributed by atoms with Crippen molar-refractivity contribution in [2.75, 3.05) is 48.8 Å². The number of hydrogen-bond donors (Lipinski definition) is 2. The number of hydrogen-bond acceptors (Lipinski definition) is 8. The molecule has 1 unspecified atom stereocenters. The van der Waals surface area contributed by atoms with Gasteiger partial charge in [0.25, 0.3) is 0 Å². The van der Waals surface area contributed by atoms with Crippen molar-refractivity contribution in [2.45, 2.75) is 53.9 Å². The second kappa shape index (κ2) is 12.0. The lowest BCUT2D eigenvalue weighted by Crippen LogP contribution is -2.46. The largest absolute Gasteiger partial charge is 0.371 e. The first-order valence-electron chi connectivity index (χ1n) is 14.3. The molecule has 2 N–H and O–H groups in total. The van der Waals surface area contributed by atoms with Gasteiger partial charge >= 0.3 is 0 Å². The van der Waals surface area contributed by atoms with Crippen molar-refractivity contribution in [1.29, 1.82) is 5.26 Å². The van der Waals surface area contributed by atoms with E-state index in [1.165, 1.54) is 62.6 Å². The monoisotopic (exact) mass is 589 g/mol. The molecule has 0 bridgehead atoms. The molecule has 2 aromatic carbocycles. The predicted molar refractivity (Wildman–Crippen MR) is 166 cm³/mol. The number of likely N-dealkylation sites (tertiary alicyclic amines) is 1. The summed E-state index contributed by atoms with van der Waals surface area (Å²) < 4.78 is 8.08. The molecule has 0 amide bonds. The number of benzene rings is 2. The molecule has 0 spiro atoms. The summed E-state index contributed by atoms with van der Waals surface area (Å²) in [6.45, 7) is 4.61. The van der Waals surface area contributed by atoms with Crippen LogP contribution in [0.5, 0.6) is 0 Å². The number of fused-ring (bicyclic) bond motifs is 1. The molecule has 214 valence electrons. The molecule has 0 aliphatic carbocycles. The first-order valence-corrected chi connectivity index (χ1v) is 15.5. The number of aromatic nitrogens is 2. The molecule has 1 aromatic heterocycles. The Morgan fingerprint density at radius 3 is 2.61 bits per heavy atom. The molecule has 6 rings (SSSR count). The quantitative estimate of drug-likeness (QED) is 0.305. The summed E-state index contributed by atoms with van der Waals surface area (Å²) in [5.41, 5.74) is 2.98. The van der Waals surface area contributed by atoms with Gasteiger partial charge in [0.1, 0.15) is 11.6 Å². The van der Waals surface area contributed by atoms with E-state index in [1.807, 2.05) is 36.0 Å². The molecule has 1 atom stereocenters. The fourth-order valence-electron chi connectivity index (χ4n) is 6.25. The third-order valence-electron chi connectivity index (χ3n) is 8.53. The standard InChI is InChI=1S/C31H36ClN7OS/c1-37-17-12-34-30(37)41-29-9-6-23(18-27(29)32)36-31(40-2)22(20-33)21-35-28-19-25(7-8-26(28)31)39-15-10-24(11-16-39)38-13-4-3-5-14-38/h6-9,12,17-19,21,24,35-36H,3-5,10-11,13-16H2,1-2H3. The summed E-state index contributed by atoms with van der Waals surface area (Å²) in [4.78, 5) is 10.5. The second-order valence-corrected chi connectivity index (χ2v) is 12.4. The van der Waals surface area contributed by atoms with E-state index >= 15 is 0 Å². The number of aryl methyl sites for hydroxylation is 1. The van der Waals surface area contributed by atoms with Crippen molar-refractivity contribution in [3.05, 3.63) is 71.2 Å². The zero-order valence-electron chi connectivity index (χ0n) is 23.6. The molecular formula is C31H36ClN7OS. The maximum atomic E-state index is 10.1. The fourth-order valence-corrected chi connectivity index (χ4v) is 7.36. The first kappa shape index (κ1) is 28.0. The van der Waals surface area contributed by atoms with E-state index in [9.17, 15) is 5.26 Å². The minimum Gasteiger partial charge on any atom is -0.371 e. The van der Waals surface area contributed by atoms with Crippen LogP contribution >= 0.6 is 23.4 Å². The van der Waals surface area contributed by atoms with Crippen molar-refractivity contribution in [3.63, 3.8) is 0 Å². The van der Waals surface area contributed by atoms with Gasteiger partial charge < -0.3 is 29.7 Å². The van der Waals surface area contributed by atoms with Gasteiger partial charge in [0, 0.05) is 79.4 Å². The van der Waals surface area contributed by atoms with Gasteiger partial charge in [-0.05, 0) is 75.2 Å². The molecule has 0 radical (unpaired) electrons. The van der Waals surface area contributed by atoms with E-state index in [4.69, 9.17) is 16.3 Å². The Morgan fingerprint density at radius 2 is 1.93 bits per heavy atom. The van der Waals surface area contributed by atoms with E-state index in [0.29, 0.717) is 16.6 Å². The lowest BCUT2D eigenvalue weighted by molar-refractivity contribution is 0.0472. The van der Waals surface area contributed by atoms with Gasteiger partial charge in [-0.1, -0.05) is 29.8 Å². The number of rotatable bonds is 7. The summed E-state index contributed by atoms with van der Waals surface area (Å²) in [7, 11) is 3.58. The van der Waals surface area contributed by atoms with Gasteiger partial charge in [-0.3, -0.25) is 0 Å². The molecule has 2 saturated heterocycles. The Morgan fingerprint density at radius 1 is 1.12 bits per heavy atom. The summed E-state index contributed by atoms with van der Waals surface area (Å²) in [5.74, 6) is 0. The average molecular weight is 590 g/mol. The van der Waals surface area contributed by atoms with Crippen LogP contribution in [0.1, 0.15) is 37.7 Å². The number of nitrogens with zero attached hydrogens (tertiary/aromatic N) is 5. The van der Waals surface area contributed by atoms with Crippen LogP contribution in [0.15, 0.2) is 70.6 Å². The smallest absolute Gasteiger partial charge is 0.204 e. The summed E-state index contributed by atoms with van der Waals surface area (Å²) in [5, 5.41) is 18.4. The van der Waals surface area contributed by atoms with Gasteiger partial charge in [-0.15, -0.1) is 0 Å². The Kier molecular flexibility index (Phi) is 8.18. The highest BCUT2D eigenvalue weighted by atomic mass is 35.5. The van der Waals surface area contributed by atoms with E-state index in [1.54, 1.807) is 19.5 Å². The maximum absolute atomic E-state index is 10.1. The number of anilines is 3. The van der Waals surface area contributed by atoms with E-state index in [-0.39, 0.29) is 0 Å². The van der Waals surface area contributed by atoms with Crippen LogP contribution in [0.2, 0.25) is 5.02 Å². The minimum atomic E-state index is -1.16. The van der Waals surface area contributed by atoms with Gasteiger partial charge in [-0.25, -0.2) is 4.98 Å². The SMILES string of the molecule is COC1(Nc2ccc(Sc3nccn3C)c(Cl)c2)C(C#N)=CNc2cc(N3CCC(N4CCCCC4)CC3)ccc21. The molecule has 3 aromatic rings. The lowest BCUT2D eigenvalue weighted by atomic mass is 9.90. The van der Waals surface area contributed by atoms with Crippen molar-refractivity contribution in [1.82, 2.24) is 14.5 Å². The summed E-state index contributed by atoms with van der Waals surface area (Å²) >= 11 is 8.21. The predicted octanol–water partition coefficient (Wildman–Crippen LogP) is 6.42. The van der Waals surface area contributed by atoms with E-state index in [2.05, 4.69) is 49.7 Å². The van der Waals surface area contributed by atoms with Crippen LogP contribution in [0.3, 0.4) is 0 Å². The molecule has 0 saturated carbocycles. The van der Waals surface area contributed by atoms with Crippen LogP contribution in [0.4, 0.5) is 17.1 Å². The molecule has 2 fully saturated rings. The van der Waals surface area contributed by atoms with Crippen molar-refractivity contribution >= 4 is 40.4 Å². The zero-order chi connectivity index (χ0) is 28.4. The van der Waals surface area contributed by atoms with Gasteiger partial charge in [0.05, 0.1) is 5.02 Å². The van der Waals surface area contributed by atoms with Crippen LogP contribution in [-0.4, -0.2) is 53.8 Å². The number of nitriles is 1. The van der Waals surface area contributed by atoms with Gasteiger partial charge in [0.2, 0.25) is 5.72 Å². The normalized spacial score (nSPS) is 21.5. The van der Waals surface area contributed by atoms with Crippen LogP contribution in [0, 0.1) is 11.3 Å². The highest BCUT2D eigenvalue weighted by Gasteiger charge is 2.42. The lowest BCUT2D eigenvalue weighted by Gasteiger charge is -2.42. The van der Waals surface area contributed by atoms with Crippen LogP contribution in [-0.2, 0) is 17.5 Å². The number of ether oxygens (including phenoxy) is 1. The summed E-state index contributed by atoms with van der Waals surface area (Å²) in [6.07, 6.45) is 11.8. The Hall–Kier alpha value is -3.16. The number of imidazole rings is 1. The molecular weight excluding hydrogens is 554 g/mol.